The van der Waals surface area contributed by atoms with Crippen molar-refractivity contribution in [3.05, 3.63) is 35.6 Å². The lowest BCUT2D eigenvalue weighted by Gasteiger charge is -2.35. The third-order valence-electron chi connectivity index (χ3n) is 5.29. The molecule has 116 valence electrons. The van der Waals surface area contributed by atoms with E-state index in [1.165, 1.54) is 12.1 Å². The zero-order valence-electron chi connectivity index (χ0n) is 12.0. The number of hydrogen-bond acceptors (Lipinski definition) is 2. The third kappa shape index (κ3) is 2.18. The molecule has 2 aliphatic rings. The van der Waals surface area contributed by atoms with Crippen LogP contribution in [-0.4, -0.2) is 28.7 Å². The van der Waals surface area contributed by atoms with Gasteiger partial charge in [0.25, 0.3) is 0 Å². The van der Waals surface area contributed by atoms with Crippen LogP contribution in [0.4, 0.5) is 13.2 Å². The first-order valence-electron chi connectivity index (χ1n) is 7.48. The van der Waals surface area contributed by atoms with E-state index in [1.807, 2.05) is 0 Å². The van der Waals surface area contributed by atoms with Crippen molar-refractivity contribution in [3.8, 4) is 0 Å². The summed E-state index contributed by atoms with van der Waals surface area (Å²) in [5.74, 6) is -0.333. The Balaban J connectivity index is 1.92. The van der Waals surface area contributed by atoms with Crippen molar-refractivity contribution < 1.29 is 18.3 Å². The number of halogens is 3. The van der Waals surface area contributed by atoms with E-state index in [0.29, 0.717) is 6.42 Å². The summed E-state index contributed by atoms with van der Waals surface area (Å²) in [5.41, 5.74) is -0.589. The zero-order valence-corrected chi connectivity index (χ0v) is 12.0. The number of fused-ring (bicyclic) bond motifs is 1. The maximum absolute atomic E-state index is 13.5. The summed E-state index contributed by atoms with van der Waals surface area (Å²) < 4.78 is 40.4. The highest BCUT2D eigenvalue weighted by atomic mass is 19.3. The normalized spacial score (nSPS) is 36.4. The highest BCUT2D eigenvalue weighted by Gasteiger charge is 2.59. The van der Waals surface area contributed by atoms with Gasteiger partial charge in [0, 0.05) is 12.1 Å². The molecule has 0 radical (unpaired) electrons. The van der Waals surface area contributed by atoms with E-state index in [9.17, 15) is 18.3 Å². The monoisotopic (exact) mass is 299 g/mol. The molecule has 4 atom stereocenters. The maximum Gasteiger partial charge on any atom is 0.248 e. The fourth-order valence-corrected chi connectivity index (χ4v) is 4.06. The van der Waals surface area contributed by atoms with Gasteiger partial charge in [-0.2, -0.15) is 0 Å². The molecule has 21 heavy (non-hydrogen) atoms. The standard InChI is InChI=1S/C16H20F3NO/c1-2-16(14(18)19)9-12-6-7-13(20(12)15(16)21)10-4-3-5-11(17)8-10/h3-5,8,12-15,21H,2,6-7,9H2,1H3/t12-,13-,15?,16+/m1/s1. The Labute approximate surface area is 122 Å². The zero-order chi connectivity index (χ0) is 15.2. The van der Waals surface area contributed by atoms with Crippen molar-refractivity contribution in [2.24, 2.45) is 5.41 Å². The van der Waals surface area contributed by atoms with E-state index in [1.54, 1.807) is 24.0 Å². The molecule has 0 spiro atoms. The quantitative estimate of drug-likeness (QED) is 0.919. The van der Waals surface area contributed by atoms with Crippen molar-refractivity contribution in [1.82, 2.24) is 4.90 Å². The van der Waals surface area contributed by atoms with Crippen LogP contribution in [0.5, 0.6) is 0 Å². The van der Waals surface area contributed by atoms with Crippen LogP contribution in [0.3, 0.4) is 0 Å². The Morgan fingerprint density at radius 3 is 2.76 bits per heavy atom. The average molecular weight is 299 g/mol. The van der Waals surface area contributed by atoms with Gasteiger partial charge in [-0.05, 0) is 43.4 Å². The number of benzene rings is 1. The van der Waals surface area contributed by atoms with Crippen LogP contribution < -0.4 is 0 Å². The molecule has 0 aromatic heterocycles. The molecule has 0 bridgehead atoms. The van der Waals surface area contributed by atoms with E-state index in [0.717, 1.165) is 18.4 Å². The molecule has 1 N–H and O–H groups in total. The van der Waals surface area contributed by atoms with Crippen LogP contribution >= 0.6 is 0 Å². The molecule has 2 saturated heterocycles. The molecule has 0 saturated carbocycles. The maximum atomic E-state index is 13.5. The summed E-state index contributed by atoms with van der Waals surface area (Å²) in [6.07, 6.45) is -1.61. The lowest BCUT2D eigenvalue weighted by atomic mass is 9.80. The van der Waals surface area contributed by atoms with Crippen molar-refractivity contribution in [2.45, 2.75) is 57.3 Å². The van der Waals surface area contributed by atoms with E-state index in [-0.39, 0.29) is 24.3 Å². The Morgan fingerprint density at radius 1 is 1.38 bits per heavy atom. The fourth-order valence-electron chi connectivity index (χ4n) is 4.06. The minimum absolute atomic E-state index is 0.0396. The topological polar surface area (TPSA) is 23.5 Å². The lowest BCUT2D eigenvalue weighted by Crippen LogP contribution is -2.44. The van der Waals surface area contributed by atoms with Crippen LogP contribution in [0.2, 0.25) is 0 Å². The van der Waals surface area contributed by atoms with Gasteiger partial charge in [-0.25, -0.2) is 13.2 Å². The van der Waals surface area contributed by atoms with E-state index in [2.05, 4.69) is 0 Å². The Hall–Kier alpha value is -1.07. The van der Waals surface area contributed by atoms with Crippen LogP contribution in [-0.2, 0) is 0 Å². The van der Waals surface area contributed by atoms with Gasteiger partial charge in [-0.1, -0.05) is 19.1 Å². The van der Waals surface area contributed by atoms with Crippen molar-refractivity contribution >= 4 is 0 Å². The number of aliphatic hydroxyl groups is 1. The fraction of sp³-hybridized carbons (Fsp3) is 0.625. The van der Waals surface area contributed by atoms with Gasteiger partial charge in [-0.15, -0.1) is 0 Å². The highest BCUT2D eigenvalue weighted by molar-refractivity contribution is 5.23. The number of rotatable bonds is 3. The first-order chi connectivity index (χ1) is 9.99. The molecule has 0 amide bonds. The molecule has 2 heterocycles. The van der Waals surface area contributed by atoms with Crippen LogP contribution in [0, 0.1) is 11.2 Å². The molecule has 1 unspecified atom stereocenters. The van der Waals surface area contributed by atoms with Crippen molar-refractivity contribution in [2.75, 3.05) is 0 Å². The Kier molecular flexibility index (Phi) is 3.74. The summed E-state index contributed by atoms with van der Waals surface area (Å²) in [6.45, 7) is 1.70. The largest absolute Gasteiger partial charge is 0.378 e. The molecule has 2 fully saturated rings. The predicted octanol–water partition coefficient (Wildman–Crippen LogP) is 3.71. The predicted molar refractivity (Wildman–Crippen MR) is 73.4 cm³/mol. The van der Waals surface area contributed by atoms with E-state index >= 15 is 0 Å². The lowest BCUT2D eigenvalue weighted by molar-refractivity contribution is -0.125. The minimum atomic E-state index is -2.55. The second-order valence-corrected chi connectivity index (χ2v) is 6.21. The minimum Gasteiger partial charge on any atom is -0.378 e. The van der Waals surface area contributed by atoms with Gasteiger partial charge >= 0.3 is 0 Å². The van der Waals surface area contributed by atoms with Crippen LogP contribution in [0.1, 0.15) is 44.2 Å². The second kappa shape index (κ2) is 5.29. The molecule has 3 rings (SSSR count). The Morgan fingerprint density at radius 2 is 2.14 bits per heavy atom. The van der Waals surface area contributed by atoms with Crippen molar-refractivity contribution in [1.29, 1.82) is 0 Å². The third-order valence-corrected chi connectivity index (χ3v) is 5.29. The van der Waals surface area contributed by atoms with Gasteiger partial charge in [-0.3, -0.25) is 4.90 Å². The molecule has 1 aromatic rings. The molecular formula is C16H20F3NO. The molecule has 0 aliphatic carbocycles. The van der Waals surface area contributed by atoms with E-state index < -0.39 is 18.1 Å². The number of hydrogen-bond donors (Lipinski definition) is 1. The van der Waals surface area contributed by atoms with Gasteiger partial charge in [0.2, 0.25) is 6.43 Å². The van der Waals surface area contributed by atoms with Gasteiger partial charge in [0.05, 0.1) is 5.41 Å². The van der Waals surface area contributed by atoms with E-state index in [4.69, 9.17) is 0 Å². The van der Waals surface area contributed by atoms with Crippen molar-refractivity contribution in [3.63, 3.8) is 0 Å². The number of aliphatic hydroxyl groups excluding tert-OH is 1. The SMILES string of the molecule is CC[C@@]1(C(F)F)C[C@H]2CC[C@H](c3cccc(F)c3)N2C1O. The van der Waals surface area contributed by atoms with Crippen LogP contribution in [0.15, 0.2) is 24.3 Å². The number of nitrogens with zero attached hydrogens (tertiary/aromatic N) is 1. The molecule has 2 nitrogen and oxygen atoms in total. The average Bonchev–Trinajstić information content (AvgIpc) is 2.98. The van der Waals surface area contributed by atoms with Crippen LogP contribution in [0.25, 0.3) is 0 Å². The van der Waals surface area contributed by atoms with Gasteiger partial charge in [0.1, 0.15) is 12.0 Å². The molecule has 1 aromatic carbocycles. The first kappa shape index (κ1) is 14.9. The summed E-state index contributed by atoms with van der Waals surface area (Å²) >= 11 is 0. The summed E-state index contributed by atoms with van der Waals surface area (Å²) in [7, 11) is 0. The molecule has 5 heteroatoms. The molecular weight excluding hydrogens is 279 g/mol. The highest BCUT2D eigenvalue weighted by Crippen LogP contribution is 2.54. The summed E-state index contributed by atoms with van der Waals surface area (Å²) in [4.78, 5) is 1.78. The summed E-state index contributed by atoms with van der Waals surface area (Å²) in [6, 6.07) is 6.02. The van der Waals surface area contributed by atoms with Gasteiger partial charge < -0.3 is 5.11 Å². The molecule has 2 aliphatic heterocycles. The summed E-state index contributed by atoms with van der Waals surface area (Å²) in [5, 5.41) is 10.5. The first-order valence-corrected chi connectivity index (χ1v) is 7.48. The smallest absolute Gasteiger partial charge is 0.248 e. The second-order valence-electron chi connectivity index (χ2n) is 6.21. The van der Waals surface area contributed by atoms with Gasteiger partial charge in [0.15, 0.2) is 0 Å². The Bertz CT molecular complexity index is 524. The number of alkyl halides is 2.